The molecular formula is C17H16BrNO3. The Labute approximate surface area is 137 Å². The zero-order chi connectivity index (χ0) is 15.9. The SMILES string of the molecule is CCCOC(=O)c1cccc(NC(=O)c2ccccc2Br)c1. The number of carbonyl (C=O) groups is 2. The average Bonchev–Trinajstić information content (AvgIpc) is 2.53. The van der Waals surface area contributed by atoms with Gasteiger partial charge in [-0.25, -0.2) is 4.79 Å². The normalized spacial score (nSPS) is 10.1. The number of hydrogen-bond donors (Lipinski definition) is 1. The van der Waals surface area contributed by atoms with Gasteiger partial charge in [0.05, 0.1) is 17.7 Å². The highest BCUT2D eigenvalue weighted by atomic mass is 79.9. The van der Waals surface area contributed by atoms with Crippen LogP contribution in [0.4, 0.5) is 5.69 Å². The Morgan fingerprint density at radius 2 is 1.91 bits per heavy atom. The first-order chi connectivity index (χ1) is 10.6. The second kappa shape index (κ2) is 7.75. The van der Waals surface area contributed by atoms with Crippen molar-refractivity contribution in [1.82, 2.24) is 0 Å². The van der Waals surface area contributed by atoms with Gasteiger partial charge in [0.1, 0.15) is 0 Å². The first-order valence-electron chi connectivity index (χ1n) is 6.95. The van der Waals surface area contributed by atoms with Crippen molar-refractivity contribution < 1.29 is 14.3 Å². The van der Waals surface area contributed by atoms with Gasteiger partial charge in [-0.1, -0.05) is 25.1 Å². The Morgan fingerprint density at radius 3 is 2.64 bits per heavy atom. The third-order valence-corrected chi connectivity index (χ3v) is 3.60. The molecule has 0 radical (unpaired) electrons. The van der Waals surface area contributed by atoms with E-state index in [1.165, 1.54) is 0 Å². The molecule has 0 unspecified atom stereocenters. The molecule has 0 atom stereocenters. The molecule has 22 heavy (non-hydrogen) atoms. The van der Waals surface area contributed by atoms with Crippen LogP contribution in [0.25, 0.3) is 0 Å². The summed E-state index contributed by atoms with van der Waals surface area (Å²) in [6, 6.07) is 13.8. The molecule has 2 aromatic carbocycles. The Bertz CT molecular complexity index is 685. The summed E-state index contributed by atoms with van der Waals surface area (Å²) >= 11 is 3.34. The van der Waals surface area contributed by atoms with Crippen LogP contribution in [-0.4, -0.2) is 18.5 Å². The summed E-state index contributed by atoms with van der Waals surface area (Å²) < 4.78 is 5.80. The van der Waals surface area contributed by atoms with E-state index in [-0.39, 0.29) is 11.9 Å². The van der Waals surface area contributed by atoms with E-state index in [1.807, 2.05) is 13.0 Å². The van der Waals surface area contributed by atoms with Crippen LogP contribution >= 0.6 is 15.9 Å². The molecule has 0 fully saturated rings. The minimum Gasteiger partial charge on any atom is -0.462 e. The summed E-state index contributed by atoms with van der Waals surface area (Å²) in [5.41, 5.74) is 1.49. The van der Waals surface area contributed by atoms with E-state index in [4.69, 9.17) is 4.74 Å². The predicted octanol–water partition coefficient (Wildman–Crippen LogP) is 4.27. The van der Waals surface area contributed by atoms with Crippen molar-refractivity contribution in [1.29, 1.82) is 0 Å². The minimum absolute atomic E-state index is 0.244. The molecule has 0 saturated heterocycles. The zero-order valence-electron chi connectivity index (χ0n) is 12.1. The Balaban J connectivity index is 2.12. The van der Waals surface area contributed by atoms with Crippen molar-refractivity contribution >= 4 is 33.5 Å². The monoisotopic (exact) mass is 361 g/mol. The van der Waals surface area contributed by atoms with Gasteiger partial charge in [-0.15, -0.1) is 0 Å². The van der Waals surface area contributed by atoms with E-state index in [2.05, 4.69) is 21.2 Å². The number of amides is 1. The van der Waals surface area contributed by atoms with Crippen molar-refractivity contribution in [2.45, 2.75) is 13.3 Å². The van der Waals surface area contributed by atoms with Gasteiger partial charge in [-0.05, 0) is 52.7 Å². The van der Waals surface area contributed by atoms with Crippen LogP contribution in [0.1, 0.15) is 34.1 Å². The van der Waals surface area contributed by atoms with Gasteiger partial charge in [0.25, 0.3) is 5.91 Å². The van der Waals surface area contributed by atoms with Crippen molar-refractivity contribution in [3.8, 4) is 0 Å². The first-order valence-corrected chi connectivity index (χ1v) is 7.74. The lowest BCUT2D eigenvalue weighted by atomic mass is 10.1. The fourth-order valence-electron chi connectivity index (χ4n) is 1.85. The molecule has 114 valence electrons. The maximum atomic E-state index is 12.2. The van der Waals surface area contributed by atoms with Crippen LogP contribution in [0.15, 0.2) is 53.0 Å². The lowest BCUT2D eigenvalue weighted by molar-refractivity contribution is 0.0505. The van der Waals surface area contributed by atoms with Crippen LogP contribution < -0.4 is 5.32 Å². The molecule has 0 heterocycles. The van der Waals surface area contributed by atoms with Crippen molar-refractivity contribution in [3.05, 3.63) is 64.1 Å². The number of anilines is 1. The summed E-state index contributed by atoms with van der Waals surface area (Å²) in [6.07, 6.45) is 0.768. The molecule has 2 rings (SSSR count). The van der Waals surface area contributed by atoms with E-state index in [0.717, 1.165) is 6.42 Å². The Hall–Kier alpha value is -2.14. The van der Waals surface area contributed by atoms with Gasteiger partial charge < -0.3 is 10.1 Å². The van der Waals surface area contributed by atoms with E-state index in [9.17, 15) is 9.59 Å². The Kier molecular flexibility index (Phi) is 5.72. The van der Waals surface area contributed by atoms with Gasteiger partial charge in [0.2, 0.25) is 0 Å². The van der Waals surface area contributed by atoms with E-state index in [1.54, 1.807) is 42.5 Å². The smallest absolute Gasteiger partial charge is 0.338 e. The largest absolute Gasteiger partial charge is 0.462 e. The van der Waals surface area contributed by atoms with Gasteiger partial charge in [0, 0.05) is 10.2 Å². The molecule has 4 nitrogen and oxygen atoms in total. The fourth-order valence-corrected chi connectivity index (χ4v) is 2.31. The van der Waals surface area contributed by atoms with Gasteiger partial charge >= 0.3 is 5.97 Å². The fraction of sp³-hybridized carbons (Fsp3) is 0.176. The Morgan fingerprint density at radius 1 is 1.14 bits per heavy atom. The highest BCUT2D eigenvalue weighted by Crippen LogP contribution is 2.18. The van der Waals surface area contributed by atoms with Crippen LogP contribution in [0.3, 0.4) is 0 Å². The van der Waals surface area contributed by atoms with E-state index >= 15 is 0 Å². The minimum atomic E-state index is -0.390. The second-order valence-electron chi connectivity index (χ2n) is 4.65. The number of hydrogen-bond acceptors (Lipinski definition) is 3. The molecular weight excluding hydrogens is 346 g/mol. The number of ether oxygens (including phenoxy) is 1. The highest BCUT2D eigenvalue weighted by Gasteiger charge is 2.11. The van der Waals surface area contributed by atoms with Crippen molar-refractivity contribution in [2.24, 2.45) is 0 Å². The van der Waals surface area contributed by atoms with E-state index in [0.29, 0.717) is 27.9 Å². The summed E-state index contributed by atoms with van der Waals surface area (Å²) in [6.45, 7) is 2.31. The molecule has 2 aromatic rings. The average molecular weight is 362 g/mol. The molecule has 0 aliphatic rings. The summed E-state index contributed by atoms with van der Waals surface area (Å²) in [5.74, 6) is -0.634. The molecule has 0 aliphatic carbocycles. The quantitative estimate of drug-likeness (QED) is 0.809. The molecule has 5 heteroatoms. The molecule has 0 aliphatic heterocycles. The second-order valence-corrected chi connectivity index (χ2v) is 5.51. The van der Waals surface area contributed by atoms with Crippen LogP contribution in [0, 0.1) is 0 Å². The molecule has 0 aromatic heterocycles. The maximum absolute atomic E-state index is 12.2. The summed E-state index contributed by atoms with van der Waals surface area (Å²) in [5, 5.41) is 2.77. The van der Waals surface area contributed by atoms with E-state index < -0.39 is 0 Å². The summed E-state index contributed by atoms with van der Waals surface area (Å²) in [7, 11) is 0. The number of carbonyl (C=O) groups excluding carboxylic acids is 2. The number of nitrogens with one attached hydrogen (secondary N) is 1. The van der Waals surface area contributed by atoms with Gasteiger partial charge in [-0.3, -0.25) is 4.79 Å². The predicted molar refractivity (Wildman–Crippen MR) is 89.1 cm³/mol. The topological polar surface area (TPSA) is 55.4 Å². The zero-order valence-corrected chi connectivity index (χ0v) is 13.7. The third-order valence-electron chi connectivity index (χ3n) is 2.91. The van der Waals surface area contributed by atoms with Crippen molar-refractivity contribution in [2.75, 3.05) is 11.9 Å². The van der Waals surface area contributed by atoms with Crippen molar-refractivity contribution in [3.63, 3.8) is 0 Å². The maximum Gasteiger partial charge on any atom is 0.338 e. The van der Waals surface area contributed by atoms with Crippen LogP contribution in [0.2, 0.25) is 0 Å². The molecule has 0 saturated carbocycles. The number of benzene rings is 2. The third kappa shape index (κ3) is 4.18. The van der Waals surface area contributed by atoms with Gasteiger partial charge in [0.15, 0.2) is 0 Å². The number of rotatable bonds is 5. The lowest BCUT2D eigenvalue weighted by Crippen LogP contribution is -2.13. The highest BCUT2D eigenvalue weighted by molar-refractivity contribution is 9.10. The number of halogens is 1. The van der Waals surface area contributed by atoms with Crippen LogP contribution in [-0.2, 0) is 4.74 Å². The summed E-state index contributed by atoms with van der Waals surface area (Å²) in [4.78, 5) is 24.1. The first kappa shape index (κ1) is 16.2. The molecule has 0 bridgehead atoms. The van der Waals surface area contributed by atoms with Gasteiger partial charge in [-0.2, -0.15) is 0 Å². The number of esters is 1. The lowest BCUT2D eigenvalue weighted by Gasteiger charge is -2.08. The van der Waals surface area contributed by atoms with Crippen LogP contribution in [0.5, 0.6) is 0 Å². The molecule has 1 amide bonds. The standard InChI is InChI=1S/C17H16BrNO3/c1-2-10-22-17(21)12-6-5-7-13(11-12)19-16(20)14-8-3-4-9-15(14)18/h3-9,11H,2,10H2,1H3,(H,19,20). The molecule has 0 spiro atoms. The molecule has 1 N–H and O–H groups in total.